The molecule has 0 aromatic heterocycles. The van der Waals surface area contributed by atoms with Crippen LogP contribution in [0.5, 0.6) is 0 Å². The molecule has 0 aromatic rings. The minimum absolute atomic E-state index is 0.217. The van der Waals surface area contributed by atoms with E-state index in [-0.39, 0.29) is 18.2 Å². The van der Waals surface area contributed by atoms with Crippen molar-refractivity contribution in [1.82, 2.24) is 5.32 Å². The third kappa shape index (κ3) is 2.00. The zero-order chi connectivity index (χ0) is 9.42. The van der Waals surface area contributed by atoms with E-state index in [2.05, 4.69) is 5.32 Å². The van der Waals surface area contributed by atoms with Crippen molar-refractivity contribution >= 4 is 5.97 Å². The average Bonchev–Trinajstić information content (AvgIpc) is 2.77. The minimum Gasteiger partial charge on any atom is -0.480 e. The van der Waals surface area contributed by atoms with E-state index in [0.29, 0.717) is 18.8 Å². The minimum atomic E-state index is -0.746. The SMILES string of the molecule is O=C(O)C(NC1CC(O)C1)C1CC1. The van der Waals surface area contributed by atoms with Crippen molar-refractivity contribution in [2.75, 3.05) is 0 Å². The van der Waals surface area contributed by atoms with E-state index >= 15 is 0 Å². The fourth-order valence-corrected chi connectivity index (χ4v) is 1.82. The lowest BCUT2D eigenvalue weighted by molar-refractivity contribution is -0.140. The van der Waals surface area contributed by atoms with Gasteiger partial charge in [-0.2, -0.15) is 0 Å². The van der Waals surface area contributed by atoms with E-state index in [4.69, 9.17) is 10.2 Å². The molecule has 2 fully saturated rings. The van der Waals surface area contributed by atoms with Crippen LogP contribution in [-0.2, 0) is 4.79 Å². The normalized spacial score (nSPS) is 35.2. The fraction of sp³-hybridized carbons (Fsp3) is 0.889. The molecule has 2 aliphatic rings. The van der Waals surface area contributed by atoms with Gasteiger partial charge < -0.3 is 15.5 Å². The van der Waals surface area contributed by atoms with Crippen molar-refractivity contribution in [2.45, 2.75) is 43.9 Å². The van der Waals surface area contributed by atoms with Gasteiger partial charge in [-0.3, -0.25) is 4.79 Å². The van der Waals surface area contributed by atoms with Crippen LogP contribution in [0.3, 0.4) is 0 Å². The molecule has 0 radical (unpaired) electrons. The van der Waals surface area contributed by atoms with Crippen LogP contribution in [0, 0.1) is 5.92 Å². The molecule has 4 nitrogen and oxygen atoms in total. The van der Waals surface area contributed by atoms with Crippen molar-refractivity contribution in [2.24, 2.45) is 5.92 Å². The highest BCUT2D eigenvalue weighted by atomic mass is 16.4. The smallest absolute Gasteiger partial charge is 0.320 e. The third-order valence-electron chi connectivity index (χ3n) is 2.89. The van der Waals surface area contributed by atoms with E-state index in [0.717, 1.165) is 12.8 Å². The number of carboxylic acids is 1. The zero-order valence-corrected chi connectivity index (χ0v) is 7.44. The predicted octanol–water partition coefficient (Wildman–Crippen LogP) is -0.0375. The summed E-state index contributed by atoms with van der Waals surface area (Å²) in [5.41, 5.74) is 0. The number of carboxylic acid groups (broad SMARTS) is 1. The quantitative estimate of drug-likeness (QED) is 0.575. The number of nitrogens with one attached hydrogen (secondary N) is 1. The summed E-state index contributed by atoms with van der Waals surface area (Å²) < 4.78 is 0. The van der Waals surface area contributed by atoms with E-state index in [1.54, 1.807) is 0 Å². The molecular formula is C9H15NO3. The van der Waals surface area contributed by atoms with Crippen LogP contribution in [0.15, 0.2) is 0 Å². The van der Waals surface area contributed by atoms with Gasteiger partial charge in [0.25, 0.3) is 0 Å². The first-order chi connectivity index (χ1) is 6.16. The van der Waals surface area contributed by atoms with Crippen molar-refractivity contribution in [3.63, 3.8) is 0 Å². The fourth-order valence-electron chi connectivity index (χ4n) is 1.82. The van der Waals surface area contributed by atoms with Crippen molar-refractivity contribution in [3.8, 4) is 0 Å². The second-order valence-electron chi connectivity index (χ2n) is 4.14. The van der Waals surface area contributed by atoms with Crippen molar-refractivity contribution in [1.29, 1.82) is 0 Å². The molecule has 0 aromatic carbocycles. The van der Waals surface area contributed by atoms with E-state index in [1.807, 2.05) is 0 Å². The summed E-state index contributed by atoms with van der Waals surface area (Å²) in [6, 6.07) is -0.158. The Kier molecular flexibility index (Phi) is 2.26. The Hall–Kier alpha value is -0.610. The first-order valence-corrected chi connectivity index (χ1v) is 4.83. The van der Waals surface area contributed by atoms with Crippen molar-refractivity contribution in [3.05, 3.63) is 0 Å². The number of carbonyl (C=O) groups is 1. The average molecular weight is 185 g/mol. The molecule has 0 saturated heterocycles. The maximum Gasteiger partial charge on any atom is 0.320 e. The number of aliphatic hydroxyl groups is 1. The van der Waals surface area contributed by atoms with Crippen LogP contribution in [0.2, 0.25) is 0 Å². The molecule has 0 spiro atoms. The van der Waals surface area contributed by atoms with E-state index < -0.39 is 5.97 Å². The first kappa shape index (κ1) is 8.97. The summed E-state index contributed by atoms with van der Waals surface area (Å²) in [6.45, 7) is 0. The lowest BCUT2D eigenvalue weighted by Gasteiger charge is -2.34. The molecule has 2 aliphatic carbocycles. The van der Waals surface area contributed by atoms with Gasteiger partial charge in [-0.15, -0.1) is 0 Å². The predicted molar refractivity (Wildman–Crippen MR) is 46.3 cm³/mol. The summed E-state index contributed by atoms with van der Waals surface area (Å²) in [6.07, 6.45) is 3.25. The molecule has 3 N–H and O–H groups in total. The molecule has 2 rings (SSSR count). The molecule has 0 amide bonds. The molecule has 0 aliphatic heterocycles. The first-order valence-electron chi connectivity index (χ1n) is 4.83. The maximum atomic E-state index is 10.8. The Morgan fingerprint density at radius 1 is 1.38 bits per heavy atom. The molecule has 4 heteroatoms. The van der Waals surface area contributed by atoms with Gasteiger partial charge in [-0.05, 0) is 31.6 Å². The van der Waals surface area contributed by atoms with Crippen molar-refractivity contribution < 1.29 is 15.0 Å². The number of aliphatic hydroxyl groups excluding tert-OH is 1. The van der Waals surface area contributed by atoms with Gasteiger partial charge in [0.05, 0.1) is 6.10 Å². The molecule has 1 unspecified atom stereocenters. The zero-order valence-electron chi connectivity index (χ0n) is 7.44. The molecule has 0 heterocycles. The van der Waals surface area contributed by atoms with Gasteiger partial charge in [-0.25, -0.2) is 0 Å². The van der Waals surface area contributed by atoms with E-state index in [1.165, 1.54) is 0 Å². The summed E-state index contributed by atoms with van der Waals surface area (Å²) in [7, 11) is 0. The maximum absolute atomic E-state index is 10.8. The van der Waals surface area contributed by atoms with Gasteiger partial charge in [0, 0.05) is 6.04 Å². The summed E-state index contributed by atoms with van der Waals surface area (Å²) >= 11 is 0. The van der Waals surface area contributed by atoms with Crippen LogP contribution in [0.1, 0.15) is 25.7 Å². The van der Waals surface area contributed by atoms with Gasteiger partial charge in [0.2, 0.25) is 0 Å². The van der Waals surface area contributed by atoms with Crippen LogP contribution < -0.4 is 5.32 Å². The summed E-state index contributed by atoms with van der Waals surface area (Å²) in [5.74, 6) is -0.417. The topological polar surface area (TPSA) is 69.6 Å². The van der Waals surface area contributed by atoms with Gasteiger partial charge >= 0.3 is 5.97 Å². The van der Waals surface area contributed by atoms with Gasteiger partial charge in [0.15, 0.2) is 0 Å². The van der Waals surface area contributed by atoms with Crippen LogP contribution >= 0.6 is 0 Å². The summed E-state index contributed by atoms with van der Waals surface area (Å²) in [5, 5.41) is 21.0. The summed E-state index contributed by atoms with van der Waals surface area (Å²) in [4.78, 5) is 10.8. The Morgan fingerprint density at radius 3 is 2.38 bits per heavy atom. The Bertz CT molecular complexity index is 209. The van der Waals surface area contributed by atoms with Crippen LogP contribution in [0.4, 0.5) is 0 Å². The molecule has 1 atom stereocenters. The molecule has 0 bridgehead atoms. The second-order valence-corrected chi connectivity index (χ2v) is 4.14. The highest BCUT2D eigenvalue weighted by molar-refractivity contribution is 5.74. The molecule has 13 heavy (non-hydrogen) atoms. The monoisotopic (exact) mass is 185 g/mol. The highest BCUT2D eigenvalue weighted by Gasteiger charge is 2.39. The van der Waals surface area contributed by atoms with Crippen LogP contribution in [0.25, 0.3) is 0 Å². The Morgan fingerprint density at radius 2 is 2.00 bits per heavy atom. The second kappa shape index (κ2) is 3.27. The Balaban J connectivity index is 1.79. The molecule has 2 saturated carbocycles. The molecular weight excluding hydrogens is 170 g/mol. The van der Waals surface area contributed by atoms with E-state index in [9.17, 15) is 4.79 Å². The van der Waals surface area contributed by atoms with Crippen LogP contribution in [-0.4, -0.2) is 34.4 Å². The number of rotatable bonds is 4. The Labute approximate surface area is 76.9 Å². The highest BCUT2D eigenvalue weighted by Crippen LogP contribution is 2.34. The van der Waals surface area contributed by atoms with Gasteiger partial charge in [0.1, 0.15) is 6.04 Å². The standard InChI is InChI=1S/C9H15NO3/c11-7-3-6(4-7)10-8(9(12)13)5-1-2-5/h5-8,10-11H,1-4H2,(H,12,13). The lowest BCUT2D eigenvalue weighted by atomic mass is 9.88. The van der Waals surface area contributed by atoms with Gasteiger partial charge in [-0.1, -0.05) is 0 Å². The lowest BCUT2D eigenvalue weighted by Crippen LogP contribution is -2.52. The number of hydrogen-bond acceptors (Lipinski definition) is 3. The number of hydrogen-bond donors (Lipinski definition) is 3. The number of aliphatic carboxylic acids is 1. The largest absolute Gasteiger partial charge is 0.480 e. The molecule has 74 valence electrons. The third-order valence-corrected chi connectivity index (χ3v) is 2.89.